The number of hydrogen-bond acceptors (Lipinski definition) is 6. The van der Waals surface area contributed by atoms with Gasteiger partial charge in [-0.1, -0.05) is 12.8 Å². The monoisotopic (exact) mass is 380 g/mol. The zero-order chi connectivity index (χ0) is 20.4. The highest BCUT2D eigenvalue weighted by atomic mass is 16.3. The maximum absolute atomic E-state index is 9.03. The van der Waals surface area contributed by atoms with Crippen LogP contribution in [0.3, 0.4) is 0 Å². The first-order valence-electron chi connectivity index (χ1n) is 10.0. The summed E-state index contributed by atoms with van der Waals surface area (Å²) in [6.45, 7) is 6.25. The highest BCUT2D eigenvalue weighted by Gasteiger charge is 2.19. The van der Waals surface area contributed by atoms with Crippen LogP contribution in [0.2, 0.25) is 0 Å². The number of aliphatic hydroxyl groups is 6. The van der Waals surface area contributed by atoms with Gasteiger partial charge in [0.15, 0.2) is 0 Å². The molecule has 0 aromatic carbocycles. The fraction of sp³-hybridized carbons (Fsp3) is 1.00. The van der Waals surface area contributed by atoms with E-state index in [9.17, 15) is 0 Å². The van der Waals surface area contributed by atoms with Gasteiger partial charge in [-0.25, -0.2) is 0 Å². The van der Waals surface area contributed by atoms with E-state index in [1.807, 2.05) is 0 Å². The molecule has 0 aromatic rings. The minimum Gasteiger partial charge on any atom is -0.396 e. The molecule has 0 amide bonds. The van der Waals surface area contributed by atoms with Gasteiger partial charge in [-0.15, -0.1) is 0 Å². The topological polar surface area (TPSA) is 121 Å². The molecular formula is C20H44O6. The summed E-state index contributed by atoms with van der Waals surface area (Å²) in [5, 5.41) is 51.9. The lowest BCUT2D eigenvalue weighted by atomic mass is 9.83. The van der Waals surface area contributed by atoms with Gasteiger partial charge in [0, 0.05) is 32.8 Å². The molecule has 0 radical (unpaired) electrons. The zero-order valence-corrected chi connectivity index (χ0v) is 17.1. The van der Waals surface area contributed by atoms with Crippen LogP contribution in [0.25, 0.3) is 0 Å². The van der Waals surface area contributed by atoms with Crippen molar-refractivity contribution in [2.45, 2.75) is 90.3 Å². The van der Waals surface area contributed by atoms with Crippen molar-refractivity contribution in [2.75, 3.05) is 26.4 Å². The third-order valence-electron chi connectivity index (χ3n) is 4.34. The maximum Gasteiger partial charge on any atom is 0.0616 e. The van der Waals surface area contributed by atoms with Crippen LogP contribution in [-0.4, -0.2) is 68.8 Å². The van der Waals surface area contributed by atoms with Gasteiger partial charge >= 0.3 is 0 Å². The Labute approximate surface area is 159 Å². The molecule has 160 valence electrons. The second-order valence-corrected chi connectivity index (χ2v) is 7.98. The fourth-order valence-corrected chi connectivity index (χ4v) is 2.90. The van der Waals surface area contributed by atoms with E-state index in [-0.39, 0.29) is 13.2 Å². The molecule has 0 spiro atoms. The van der Waals surface area contributed by atoms with E-state index < -0.39 is 11.7 Å². The lowest BCUT2D eigenvalue weighted by Gasteiger charge is -2.25. The summed E-state index contributed by atoms with van der Waals surface area (Å²) >= 11 is 0. The molecule has 1 aliphatic carbocycles. The number of rotatable bonds is 9. The SMILES string of the molecule is CC(O)CC(C)(C)O.OCC1CCC(CO)CC1.OCCCCCCO. The third-order valence-corrected chi connectivity index (χ3v) is 4.34. The third kappa shape index (κ3) is 21.8. The van der Waals surface area contributed by atoms with Crippen molar-refractivity contribution in [2.24, 2.45) is 11.8 Å². The van der Waals surface area contributed by atoms with E-state index in [1.54, 1.807) is 20.8 Å². The summed E-state index contributed by atoms with van der Waals surface area (Å²) in [7, 11) is 0. The van der Waals surface area contributed by atoms with Crippen molar-refractivity contribution in [1.29, 1.82) is 0 Å². The molecule has 6 heteroatoms. The molecule has 0 saturated heterocycles. The second kappa shape index (κ2) is 18.1. The number of unbranched alkanes of at least 4 members (excludes halogenated alkanes) is 3. The van der Waals surface area contributed by atoms with Gasteiger partial charge in [0.05, 0.1) is 11.7 Å². The van der Waals surface area contributed by atoms with Gasteiger partial charge in [0.2, 0.25) is 0 Å². The Morgan fingerprint density at radius 3 is 1.27 bits per heavy atom. The molecule has 0 aliphatic heterocycles. The van der Waals surface area contributed by atoms with Crippen molar-refractivity contribution in [3.8, 4) is 0 Å². The van der Waals surface area contributed by atoms with Crippen LogP contribution in [0, 0.1) is 11.8 Å². The Hall–Kier alpha value is -0.240. The molecule has 1 fully saturated rings. The smallest absolute Gasteiger partial charge is 0.0616 e. The highest BCUT2D eigenvalue weighted by Crippen LogP contribution is 2.27. The van der Waals surface area contributed by atoms with Crippen molar-refractivity contribution in [1.82, 2.24) is 0 Å². The molecule has 0 bridgehead atoms. The van der Waals surface area contributed by atoms with Crippen LogP contribution >= 0.6 is 0 Å². The first-order chi connectivity index (χ1) is 12.2. The lowest BCUT2D eigenvalue weighted by Crippen LogP contribution is -2.24. The first kappa shape index (κ1) is 28.0. The van der Waals surface area contributed by atoms with E-state index in [4.69, 9.17) is 30.6 Å². The van der Waals surface area contributed by atoms with Crippen LogP contribution in [0.15, 0.2) is 0 Å². The Kier molecular flexibility index (Phi) is 19.5. The molecule has 26 heavy (non-hydrogen) atoms. The first-order valence-corrected chi connectivity index (χ1v) is 10.0. The van der Waals surface area contributed by atoms with Crippen LogP contribution in [0.4, 0.5) is 0 Å². The van der Waals surface area contributed by atoms with Crippen molar-refractivity contribution in [3.05, 3.63) is 0 Å². The normalized spacial score (nSPS) is 21.1. The molecule has 1 atom stereocenters. The summed E-state index contributed by atoms with van der Waals surface area (Å²) < 4.78 is 0. The van der Waals surface area contributed by atoms with Gasteiger partial charge in [-0.2, -0.15) is 0 Å². The molecule has 1 unspecified atom stereocenters. The molecule has 6 N–H and O–H groups in total. The molecule has 0 heterocycles. The molecule has 1 rings (SSSR count). The van der Waals surface area contributed by atoms with Gasteiger partial charge in [-0.05, 0) is 71.1 Å². The number of hydrogen-bond donors (Lipinski definition) is 6. The minimum atomic E-state index is -0.728. The Bertz CT molecular complexity index is 252. The lowest BCUT2D eigenvalue weighted by molar-refractivity contribution is 0.0248. The summed E-state index contributed by atoms with van der Waals surface area (Å²) in [5.74, 6) is 1.03. The largest absolute Gasteiger partial charge is 0.396 e. The van der Waals surface area contributed by atoms with E-state index in [0.717, 1.165) is 51.4 Å². The highest BCUT2D eigenvalue weighted by molar-refractivity contribution is 4.71. The molecular weight excluding hydrogens is 336 g/mol. The molecule has 6 nitrogen and oxygen atoms in total. The Morgan fingerprint density at radius 1 is 0.769 bits per heavy atom. The molecule has 1 saturated carbocycles. The molecule has 1 aliphatic rings. The predicted molar refractivity (Wildman–Crippen MR) is 105 cm³/mol. The average molecular weight is 381 g/mol. The quantitative estimate of drug-likeness (QED) is 0.340. The van der Waals surface area contributed by atoms with E-state index in [2.05, 4.69) is 0 Å². The van der Waals surface area contributed by atoms with E-state index in [1.165, 1.54) is 0 Å². The van der Waals surface area contributed by atoms with Gasteiger partial charge in [0.25, 0.3) is 0 Å². The summed E-state index contributed by atoms with van der Waals surface area (Å²) in [6.07, 6.45) is 8.25. The van der Waals surface area contributed by atoms with Crippen molar-refractivity contribution < 1.29 is 30.6 Å². The zero-order valence-electron chi connectivity index (χ0n) is 17.1. The number of aliphatic hydroxyl groups excluding tert-OH is 5. The summed E-state index contributed by atoms with van der Waals surface area (Å²) in [6, 6.07) is 0. The van der Waals surface area contributed by atoms with Gasteiger partial charge in [-0.3, -0.25) is 0 Å². The standard InChI is InChI=1S/C8H16O2.2C6H14O2/c9-5-7-1-2-8(6-10)4-3-7;1-5(7)4-6(2,3)8;7-5-3-1-2-4-6-8/h7-10H,1-6H2;5,7-8H,4H2,1-3H3;7-8H,1-6H2. The van der Waals surface area contributed by atoms with Crippen LogP contribution in [-0.2, 0) is 0 Å². The van der Waals surface area contributed by atoms with E-state index >= 15 is 0 Å². The van der Waals surface area contributed by atoms with E-state index in [0.29, 0.717) is 31.5 Å². The van der Waals surface area contributed by atoms with Crippen molar-refractivity contribution in [3.63, 3.8) is 0 Å². The Balaban J connectivity index is 0. The average Bonchev–Trinajstić information content (AvgIpc) is 2.58. The fourth-order valence-electron chi connectivity index (χ4n) is 2.90. The van der Waals surface area contributed by atoms with Crippen molar-refractivity contribution >= 4 is 0 Å². The summed E-state index contributed by atoms with van der Waals surface area (Å²) in [4.78, 5) is 0. The predicted octanol–water partition coefficient (Wildman–Crippen LogP) is 1.84. The molecule has 0 aromatic heterocycles. The van der Waals surface area contributed by atoms with Gasteiger partial charge < -0.3 is 30.6 Å². The maximum atomic E-state index is 9.03. The van der Waals surface area contributed by atoms with Gasteiger partial charge in [0.1, 0.15) is 0 Å². The minimum absolute atomic E-state index is 0.283. The van der Waals surface area contributed by atoms with Crippen LogP contribution in [0.1, 0.15) is 78.6 Å². The summed E-state index contributed by atoms with van der Waals surface area (Å²) in [5.41, 5.74) is -0.728. The second-order valence-electron chi connectivity index (χ2n) is 7.98. The van der Waals surface area contributed by atoms with Crippen LogP contribution < -0.4 is 0 Å². The Morgan fingerprint density at radius 2 is 1.12 bits per heavy atom. The van der Waals surface area contributed by atoms with Crippen LogP contribution in [0.5, 0.6) is 0 Å².